The fourth-order valence-electron chi connectivity index (χ4n) is 4.30. The average Bonchev–Trinajstić information content (AvgIpc) is 2.90. The zero-order chi connectivity index (χ0) is 27.5. The van der Waals surface area contributed by atoms with Crippen LogP contribution in [0.5, 0.6) is 5.75 Å². The van der Waals surface area contributed by atoms with E-state index in [9.17, 15) is 14.0 Å². The fraction of sp³-hybridized carbons (Fsp3) is 0.375. The second-order valence-electron chi connectivity index (χ2n) is 10.5. The van der Waals surface area contributed by atoms with Gasteiger partial charge < -0.3 is 15.0 Å². The first-order valence-corrected chi connectivity index (χ1v) is 13.3. The summed E-state index contributed by atoms with van der Waals surface area (Å²) in [6.45, 7) is 8.49. The van der Waals surface area contributed by atoms with E-state index < -0.39 is 11.9 Å². The van der Waals surface area contributed by atoms with E-state index in [-0.39, 0.29) is 30.4 Å². The molecule has 1 atom stereocenters. The summed E-state index contributed by atoms with van der Waals surface area (Å²) in [5.74, 6) is -0.453. The number of benzene rings is 3. The largest absolute Gasteiger partial charge is 0.483 e. The molecule has 0 aliphatic carbocycles. The first-order chi connectivity index (χ1) is 18.2. The summed E-state index contributed by atoms with van der Waals surface area (Å²) in [7, 11) is 0. The van der Waals surface area contributed by atoms with Crippen LogP contribution in [0.2, 0.25) is 0 Å². The Balaban J connectivity index is 1.93. The van der Waals surface area contributed by atoms with Gasteiger partial charge in [0.2, 0.25) is 5.91 Å². The van der Waals surface area contributed by atoms with Gasteiger partial charge in [-0.3, -0.25) is 9.59 Å². The van der Waals surface area contributed by atoms with Crippen LogP contribution in [0.25, 0.3) is 0 Å². The van der Waals surface area contributed by atoms with Crippen molar-refractivity contribution < 1.29 is 18.7 Å². The van der Waals surface area contributed by atoms with Gasteiger partial charge in [0.05, 0.1) is 0 Å². The van der Waals surface area contributed by atoms with E-state index in [1.165, 1.54) is 11.0 Å². The second-order valence-corrected chi connectivity index (χ2v) is 10.5. The third-order valence-electron chi connectivity index (χ3n) is 6.45. The van der Waals surface area contributed by atoms with Crippen molar-refractivity contribution >= 4 is 11.8 Å². The molecule has 3 aromatic carbocycles. The lowest BCUT2D eigenvalue weighted by atomic mass is 9.86. The Morgan fingerprint density at radius 2 is 1.61 bits per heavy atom. The van der Waals surface area contributed by atoms with Gasteiger partial charge in [-0.1, -0.05) is 101 Å². The van der Waals surface area contributed by atoms with Gasteiger partial charge in [-0.25, -0.2) is 4.39 Å². The topological polar surface area (TPSA) is 58.6 Å². The fourth-order valence-corrected chi connectivity index (χ4v) is 4.30. The standard InChI is InChI=1S/C32H39FN2O3/c1-5-6-20-34-31(37)28(21-24-14-8-7-9-15-24)35(22-25-16-10-12-18-27(25)33)30(36)23-38-29-19-13-11-17-26(29)32(2,3)4/h7-19,28H,5-6,20-23H2,1-4H3,(H,34,37)/t28-/m1/s1. The minimum absolute atomic E-state index is 0.0471. The molecule has 1 N–H and O–H groups in total. The molecule has 38 heavy (non-hydrogen) atoms. The zero-order valence-corrected chi connectivity index (χ0v) is 22.9. The Labute approximate surface area is 226 Å². The number of amides is 2. The van der Waals surface area contributed by atoms with Crippen LogP contribution in [0.1, 0.15) is 57.2 Å². The molecule has 0 unspecified atom stereocenters. The minimum atomic E-state index is -0.831. The molecule has 0 saturated carbocycles. The molecule has 0 fully saturated rings. The highest BCUT2D eigenvalue weighted by Crippen LogP contribution is 2.31. The summed E-state index contributed by atoms with van der Waals surface area (Å²) >= 11 is 0. The number of rotatable bonds is 12. The van der Waals surface area contributed by atoms with Crippen molar-refractivity contribution in [3.8, 4) is 5.75 Å². The molecule has 0 aliphatic heterocycles. The highest BCUT2D eigenvalue weighted by Gasteiger charge is 2.31. The lowest BCUT2D eigenvalue weighted by Gasteiger charge is -2.32. The van der Waals surface area contributed by atoms with E-state index in [1.807, 2.05) is 61.5 Å². The molecule has 0 heterocycles. The molecule has 0 saturated heterocycles. The van der Waals surface area contributed by atoms with Crippen molar-refractivity contribution in [1.82, 2.24) is 10.2 Å². The van der Waals surface area contributed by atoms with Crippen molar-refractivity contribution in [2.45, 2.75) is 65.0 Å². The smallest absolute Gasteiger partial charge is 0.261 e. The van der Waals surface area contributed by atoms with Crippen LogP contribution in [0.4, 0.5) is 4.39 Å². The van der Waals surface area contributed by atoms with Crippen molar-refractivity contribution in [1.29, 1.82) is 0 Å². The first-order valence-electron chi connectivity index (χ1n) is 13.3. The van der Waals surface area contributed by atoms with Crippen LogP contribution >= 0.6 is 0 Å². The monoisotopic (exact) mass is 518 g/mol. The molecule has 5 nitrogen and oxygen atoms in total. The first kappa shape index (κ1) is 28.9. The number of carbonyl (C=O) groups excluding carboxylic acids is 2. The van der Waals surface area contributed by atoms with Gasteiger partial charge in [0.25, 0.3) is 5.91 Å². The van der Waals surface area contributed by atoms with Gasteiger partial charge in [0.1, 0.15) is 17.6 Å². The molecule has 3 aromatic rings. The summed E-state index contributed by atoms with van der Waals surface area (Å²) in [5.41, 5.74) is 2.05. The number of halogens is 1. The van der Waals surface area contributed by atoms with Crippen molar-refractivity contribution in [3.63, 3.8) is 0 Å². The lowest BCUT2D eigenvalue weighted by Crippen LogP contribution is -2.52. The number of hydrogen-bond donors (Lipinski definition) is 1. The van der Waals surface area contributed by atoms with Crippen molar-refractivity contribution in [2.24, 2.45) is 0 Å². The Hall–Kier alpha value is -3.67. The summed E-state index contributed by atoms with van der Waals surface area (Å²) in [4.78, 5) is 28.7. The summed E-state index contributed by atoms with van der Waals surface area (Å²) < 4.78 is 20.8. The van der Waals surface area contributed by atoms with Gasteiger partial charge in [0.15, 0.2) is 6.61 Å². The molecule has 6 heteroatoms. The average molecular weight is 519 g/mol. The van der Waals surface area contributed by atoms with Gasteiger partial charge in [-0.05, 0) is 35.1 Å². The summed E-state index contributed by atoms with van der Waals surface area (Å²) in [6, 6.07) is 22.7. The van der Waals surface area contributed by atoms with Gasteiger partial charge in [-0.15, -0.1) is 0 Å². The maximum atomic E-state index is 14.7. The molecule has 0 bridgehead atoms. The Morgan fingerprint density at radius 3 is 2.29 bits per heavy atom. The lowest BCUT2D eigenvalue weighted by molar-refractivity contribution is -0.142. The van der Waals surface area contributed by atoms with Crippen LogP contribution < -0.4 is 10.1 Å². The van der Waals surface area contributed by atoms with E-state index in [0.29, 0.717) is 24.3 Å². The molecule has 2 amide bonds. The maximum absolute atomic E-state index is 14.7. The van der Waals surface area contributed by atoms with E-state index in [0.717, 1.165) is 24.0 Å². The van der Waals surface area contributed by atoms with Gasteiger partial charge in [0, 0.05) is 25.1 Å². The molecular weight excluding hydrogens is 479 g/mol. The van der Waals surface area contributed by atoms with Crippen LogP contribution in [0.3, 0.4) is 0 Å². The van der Waals surface area contributed by atoms with Crippen molar-refractivity contribution in [2.75, 3.05) is 13.2 Å². The number of nitrogens with one attached hydrogen (secondary N) is 1. The molecule has 0 spiro atoms. The normalized spacial score (nSPS) is 12.0. The highest BCUT2D eigenvalue weighted by molar-refractivity contribution is 5.88. The Kier molecular flexibility index (Phi) is 10.5. The van der Waals surface area contributed by atoms with E-state index in [1.54, 1.807) is 18.2 Å². The number of ether oxygens (including phenoxy) is 1. The summed E-state index contributed by atoms with van der Waals surface area (Å²) in [5, 5.41) is 2.98. The van der Waals surface area contributed by atoms with Crippen molar-refractivity contribution in [3.05, 3.63) is 101 Å². The third-order valence-corrected chi connectivity index (χ3v) is 6.45. The van der Waals surface area contributed by atoms with E-state index in [2.05, 4.69) is 26.1 Å². The quantitative estimate of drug-likeness (QED) is 0.297. The van der Waals surface area contributed by atoms with E-state index in [4.69, 9.17) is 4.74 Å². The second kappa shape index (κ2) is 13.8. The Morgan fingerprint density at radius 1 is 0.947 bits per heavy atom. The molecule has 0 radical (unpaired) electrons. The minimum Gasteiger partial charge on any atom is -0.483 e. The maximum Gasteiger partial charge on any atom is 0.261 e. The van der Waals surface area contributed by atoms with Crippen LogP contribution in [-0.4, -0.2) is 35.9 Å². The van der Waals surface area contributed by atoms with Crippen LogP contribution in [-0.2, 0) is 28.0 Å². The number of hydrogen-bond acceptors (Lipinski definition) is 3. The van der Waals surface area contributed by atoms with Crippen LogP contribution in [0.15, 0.2) is 78.9 Å². The van der Waals surface area contributed by atoms with E-state index >= 15 is 0 Å². The highest BCUT2D eigenvalue weighted by atomic mass is 19.1. The number of para-hydroxylation sites is 1. The Bertz CT molecular complexity index is 1190. The molecule has 3 rings (SSSR count). The van der Waals surface area contributed by atoms with Gasteiger partial charge >= 0.3 is 0 Å². The number of carbonyl (C=O) groups is 2. The van der Waals surface area contributed by atoms with Crippen LogP contribution in [0, 0.1) is 5.82 Å². The predicted octanol–water partition coefficient (Wildman–Crippen LogP) is 6.06. The SMILES string of the molecule is CCCCNC(=O)[C@@H](Cc1ccccc1)N(Cc1ccccc1F)C(=O)COc1ccccc1C(C)(C)C. The number of unbranched alkanes of at least 4 members (excludes halogenated alkanes) is 1. The molecule has 202 valence electrons. The number of nitrogens with zero attached hydrogens (tertiary/aromatic N) is 1. The molecule has 0 aliphatic rings. The zero-order valence-electron chi connectivity index (χ0n) is 22.9. The summed E-state index contributed by atoms with van der Waals surface area (Å²) in [6.07, 6.45) is 2.07. The predicted molar refractivity (Wildman–Crippen MR) is 149 cm³/mol. The third kappa shape index (κ3) is 8.17. The molecular formula is C32H39FN2O3. The van der Waals surface area contributed by atoms with Gasteiger partial charge in [-0.2, -0.15) is 0 Å². The molecule has 0 aromatic heterocycles.